The summed E-state index contributed by atoms with van der Waals surface area (Å²) in [5, 5.41) is 2.92. The number of aromatic nitrogens is 2. The molecule has 6 heteroatoms. The van der Waals surface area contributed by atoms with Gasteiger partial charge in [0.05, 0.1) is 17.2 Å². The first-order chi connectivity index (χ1) is 15.0. The van der Waals surface area contributed by atoms with Crippen LogP contribution in [0.3, 0.4) is 0 Å². The summed E-state index contributed by atoms with van der Waals surface area (Å²) in [4.78, 5) is 31.3. The molecule has 2 unspecified atom stereocenters. The number of likely N-dealkylation sites (tertiary alicyclic amines) is 1. The molecule has 1 N–H and O–H groups in total. The number of carbonyl (C=O) groups excluding carboxylic acids is 1. The lowest BCUT2D eigenvalue weighted by Crippen LogP contribution is -2.38. The van der Waals surface area contributed by atoms with Crippen molar-refractivity contribution in [2.45, 2.75) is 39.9 Å². The van der Waals surface area contributed by atoms with Crippen LogP contribution < -0.4 is 10.9 Å². The van der Waals surface area contributed by atoms with Crippen molar-refractivity contribution in [1.29, 1.82) is 0 Å². The number of carbonyl (C=O) groups is 1. The average molecular weight is 419 g/mol. The number of hydrogen-bond acceptors (Lipinski definition) is 4. The predicted octanol–water partition coefficient (Wildman–Crippen LogP) is 3.19. The second-order valence-electron chi connectivity index (χ2n) is 8.90. The van der Waals surface area contributed by atoms with E-state index in [2.05, 4.69) is 53.3 Å². The molecule has 1 aromatic heterocycles. The summed E-state index contributed by atoms with van der Waals surface area (Å²) in [6.45, 7) is 8.37. The summed E-state index contributed by atoms with van der Waals surface area (Å²) >= 11 is 0. The molecule has 0 bridgehead atoms. The van der Waals surface area contributed by atoms with Crippen LogP contribution in [0.15, 0.2) is 59.5 Å². The minimum atomic E-state index is -0.278. The van der Waals surface area contributed by atoms with Gasteiger partial charge < -0.3 is 5.32 Å². The molecule has 1 aliphatic rings. The first-order valence-electron chi connectivity index (χ1n) is 11.0. The molecule has 1 saturated heterocycles. The Morgan fingerprint density at radius 3 is 2.45 bits per heavy atom. The summed E-state index contributed by atoms with van der Waals surface area (Å²) < 4.78 is 1.46. The van der Waals surface area contributed by atoms with Gasteiger partial charge in [0.25, 0.3) is 5.56 Å². The lowest BCUT2D eigenvalue weighted by molar-refractivity contribution is -0.121. The van der Waals surface area contributed by atoms with Crippen LogP contribution in [0.2, 0.25) is 0 Å². The van der Waals surface area contributed by atoms with Crippen LogP contribution in [0.1, 0.15) is 31.4 Å². The number of hydrogen-bond donors (Lipinski definition) is 1. The molecule has 0 radical (unpaired) electrons. The third-order valence-corrected chi connectivity index (χ3v) is 5.92. The molecular formula is C25H30N4O2. The zero-order chi connectivity index (χ0) is 21.8. The summed E-state index contributed by atoms with van der Waals surface area (Å²) in [5.41, 5.74) is 3.42. The molecule has 2 heterocycles. The van der Waals surface area contributed by atoms with E-state index >= 15 is 0 Å². The summed E-state index contributed by atoms with van der Waals surface area (Å²) in [6, 6.07) is 15.8. The number of piperidine rings is 1. The number of benzene rings is 2. The Labute approximate surface area is 182 Å². The van der Waals surface area contributed by atoms with Gasteiger partial charge in [-0.05, 0) is 41.5 Å². The zero-order valence-corrected chi connectivity index (χ0v) is 18.3. The SMILES string of the molecule is CC1CC(C)CN(Cc2ccc(CNC(=O)Cn3c(=O)cnc4ccccc43)cc2)C1. The highest BCUT2D eigenvalue weighted by molar-refractivity contribution is 5.79. The first-order valence-corrected chi connectivity index (χ1v) is 11.0. The largest absolute Gasteiger partial charge is 0.350 e. The van der Waals surface area contributed by atoms with Crippen molar-refractivity contribution in [3.8, 4) is 0 Å². The van der Waals surface area contributed by atoms with Gasteiger partial charge in [-0.15, -0.1) is 0 Å². The average Bonchev–Trinajstić information content (AvgIpc) is 2.74. The van der Waals surface area contributed by atoms with Gasteiger partial charge in [0.1, 0.15) is 6.54 Å². The summed E-state index contributed by atoms with van der Waals surface area (Å²) in [7, 11) is 0. The number of fused-ring (bicyclic) bond motifs is 1. The minimum absolute atomic E-state index is 0.0225. The van der Waals surface area contributed by atoms with Crippen LogP contribution in [0.4, 0.5) is 0 Å². The van der Waals surface area contributed by atoms with Crippen LogP contribution in [0.5, 0.6) is 0 Å². The Morgan fingerprint density at radius 2 is 1.71 bits per heavy atom. The minimum Gasteiger partial charge on any atom is -0.350 e. The molecule has 4 rings (SSSR count). The zero-order valence-electron chi connectivity index (χ0n) is 18.3. The number of amides is 1. The lowest BCUT2D eigenvalue weighted by Gasteiger charge is -2.35. The topological polar surface area (TPSA) is 67.2 Å². The molecule has 0 aliphatic carbocycles. The second kappa shape index (κ2) is 9.43. The van der Waals surface area contributed by atoms with E-state index in [4.69, 9.17) is 0 Å². The van der Waals surface area contributed by atoms with Crippen LogP contribution in [0.25, 0.3) is 11.0 Å². The van der Waals surface area contributed by atoms with Crippen molar-refractivity contribution in [2.24, 2.45) is 11.8 Å². The van der Waals surface area contributed by atoms with Gasteiger partial charge >= 0.3 is 0 Å². The van der Waals surface area contributed by atoms with Gasteiger partial charge in [-0.2, -0.15) is 0 Å². The highest BCUT2D eigenvalue weighted by Crippen LogP contribution is 2.22. The van der Waals surface area contributed by atoms with Crippen molar-refractivity contribution >= 4 is 16.9 Å². The molecule has 6 nitrogen and oxygen atoms in total. The summed E-state index contributed by atoms with van der Waals surface area (Å²) in [5.74, 6) is 1.31. The number of nitrogens with one attached hydrogen (secondary N) is 1. The highest BCUT2D eigenvalue weighted by Gasteiger charge is 2.21. The first kappa shape index (κ1) is 21.2. The summed E-state index contributed by atoms with van der Waals surface area (Å²) in [6.07, 6.45) is 2.58. The van der Waals surface area contributed by atoms with Crippen LogP contribution in [-0.2, 0) is 24.4 Å². The van der Waals surface area contributed by atoms with Crippen molar-refractivity contribution < 1.29 is 4.79 Å². The van der Waals surface area contributed by atoms with E-state index in [1.807, 2.05) is 18.2 Å². The maximum absolute atomic E-state index is 12.5. The van der Waals surface area contributed by atoms with E-state index in [0.717, 1.165) is 37.0 Å². The Hall–Kier alpha value is -2.99. The molecule has 162 valence electrons. The third-order valence-electron chi connectivity index (χ3n) is 5.92. The molecule has 1 fully saturated rings. The van der Waals surface area contributed by atoms with Gasteiger partial charge in [0.2, 0.25) is 5.91 Å². The van der Waals surface area contributed by atoms with Gasteiger partial charge in [-0.3, -0.25) is 19.1 Å². The quantitative estimate of drug-likeness (QED) is 0.668. The smallest absolute Gasteiger partial charge is 0.269 e. The fourth-order valence-electron chi connectivity index (χ4n) is 4.62. The van der Waals surface area contributed by atoms with E-state index < -0.39 is 0 Å². The Morgan fingerprint density at radius 1 is 1.03 bits per heavy atom. The molecule has 2 aromatic carbocycles. The molecule has 3 aromatic rings. The molecular weight excluding hydrogens is 388 g/mol. The third kappa shape index (κ3) is 5.39. The maximum atomic E-state index is 12.5. The van der Waals surface area contributed by atoms with Crippen LogP contribution >= 0.6 is 0 Å². The van der Waals surface area contributed by atoms with Gasteiger partial charge in [0.15, 0.2) is 0 Å². The molecule has 1 aliphatic heterocycles. The van der Waals surface area contributed by atoms with Crippen molar-refractivity contribution in [1.82, 2.24) is 19.8 Å². The second-order valence-corrected chi connectivity index (χ2v) is 8.90. The number of rotatable bonds is 6. The van der Waals surface area contributed by atoms with E-state index in [-0.39, 0.29) is 18.0 Å². The van der Waals surface area contributed by atoms with E-state index in [0.29, 0.717) is 17.6 Å². The standard InChI is InChI=1S/C25H30N4O2/c1-18-11-19(2)15-28(14-18)16-21-9-7-20(8-10-21)12-27-24(30)17-29-23-6-4-3-5-22(23)26-13-25(29)31/h3-10,13,18-19H,11-12,14-17H2,1-2H3,(H,27,30). The molecule has 31 heavy (non-hydrogen) atoms. The highest BCUT2D eigenvalue weighted by atomic mass is 16.2. The van der Waals surface area contributed by atoms with Crippen molar-refractivity contribution in [3.63, 3.8) is 0 Å². The number of para-hydroxylation sites is 2. The maximum Gasteiger partial charge on any atom is 0.269 e. The van der Waals surface area contributed by atoms with Crippen molar-refractivity contribution in [3.05, 3.63) is 76.2 Å². The molecule has 1 amide bonds. The Kier molecular flexibility index (Phi) is 6.47. The normalized spacial score (nSPS) is 19.4. The van der Waals surface area contributed by atoms with Crippen molar-refractivity contribution in [2.75, 3.05) is 13.1 Å². The van der Waals surface area contributed by atoms with Gasteiger partial charge in [-0.25, -0.2) is 4.98 Å². The van der Waals surface area contributed by atoms with E-state index in [1.165, 1.54) is 22.7 Å². The predicted molar refractivity (Wildman–Crippen MR) is 123 cm³/mol. The lowest BCUT2D eigenvalue weighted by atomic mass is 9.91. The van der Waals surface area contributed by atoms with Crippen LogP contribution in [-0.4, -0.2) is 33.4 Å². The van der Waals surface area contributed by atoms with Gasteiger partial charge in [0, 0.05) is 26.2 Å². The van der Waals surface area contributed by atoms with Crippen LogP contribution in [0, 0.1) is 11.8 Å². The molecule has 0 spiro atoms. The fourth-order valence-corrected chi connectivity index (χ4v) is 4.62. The number of nitrogens with zero attached hydrogens (tertiary/aromatic N) is 3. The molecule has 2 atom stereocenters. The Balaban J connectivity index is 1.33. The van der Waals surface area contributed by atoms with Gasteiger partial charge in [-0.1, -0.05) is 50.2 Å². The Bertz CT molecular complexity index is 1100. The van der Waals surface area contributed by atoms with E-state index in [1.54, 1.807) is 6.07 Å². The fraction of sp³-hybridized carbons (Fsp3) is 0.400. The van der Waals surface area contributed by atoms with E-state index in [9.17, 15) is 9.59 Å². The monoisotopic (exact) mass is 418 g/mol. The molecule has 0 saturated carbocycles.